The Morgan fingerprint density at radius 2 is 1.50 bits per heavy atom. The Hall–Kier alpha value is -0.0400. The van der Waals surface area contributed by atoms with Gasteiger partial charge in [0.1, 0.15) is 0 Å². The van der Waals surface area contributed by atoms with Crippen LogP contribution >= 0.6 is 0 Å². The average molecular weight is 199 g/mol. The molecule has 1 aliphatic heterocycles. The largest absolute Gasteiger partial charge is 0.301 e. The fourth-order valence-electron chi connectivity index (χ4n) is 2.28. The van der Waals surface area contributed by atoms with Gasteiger partial charge < -0.3 is 4.90 Å². The van der Waals surface area contributed by atoms with Gasteiger partial charge in [0.25, 0.3) is 0 Å². The molecular weight excluding hydrogens is 170 g/mol. The van der Waals surface area contributed by atoms with Gasteiger partial charge in [-0.15, -0.1) is 0 Å². The van der Waals surface area contributed by atoms with E-state index in [9.17, 15) is 0 Å². The lowest BCUT2D eigenvalue weighted by atomic mass is 9.75. The second-order valence-electron chi connectivity index (χ2n) is 5.77. The monoisotopic (exact) mass is 199 g/mol. The van der Waals surface area contributed by atoms with Crippen LogP contribution < -0.4 is 0 Å². The Bertz CT molecular complexity index is 147. The molecule has 1 fully saturated rings. The van der Waals surface area contributed by atoms with Gasteiger partial charge in [0, 0.05) is 6.04 Å². The lowest BCUT2D eigenvalue weighted by Gasteiger charge is -2.40. The molecule has 0 unspecified atom stereocenters. The van der Waals surface area contributed by atoms with E-state index in [4.69, 9.17) is 0 Å². The van der Waals surface area contributed by atoms with E-state index < -0.39 is 0 Å². The van der Waals surface area contributed by atoms with Crippen molar-refractivity contribution in [3.05, 3.63) is 0 Å². The van der Waals surface area contributed by atoms with Gasteiger partial charge >= 0.3 is 0 Å². The number of nitrogens with zero attached hydrogens (tertiary/aromatic N) is 1. The van der Waals surface area contributed by atoms with Gasteiger partial charge in [-0.2, -0.15) is 0 Å². The van der Waals surface area contributed by atoms with Crippen LogP contribution in [0.5, 0.6) is 0 Å². The SMILES string of the molecule is C.CC(C)N1CCC(C(C)(C)C)CC1. The summed E-state index contributed by atoms with van der Waals surface area (Å²) >= 11 is 0. The molecule has 0 saturated carbocycles. The first kappa shape index (κ1) is 14.0. The maximum Gasteiger partial charge on any atom is 0.00385 e. The van der Waals surface area contributed by atoms with Gasteiger partial charge in [-0.3, -0.25) is 0 Å². The van der Waals surface area contributed by atoms with Crippen molar-refractivity contribution >= 4 is 0 Å². The van der Waals surface area contributed by atoms with Crippen LogP contribution in [-0.4, -0.2) is 24.0 Å². The van der Waals surface area contributed by atoms with Crippen LogP contribution in [0.1, 0.15) is 54.9 Å². The Labute approximate surface area is 90.9 Å². The third-order valence-corrected chi connectivity index (χ3v) is 3.48. The molecule has 86 valence electrons. The number of hydrogen-bond donors (Lipinski definition) is 0. The second-order valence-corrected chi connectivity index (χ2v) is 5.77. The van der Waals surface area contributed by atoms with E-state index in [0.29, 0.717) is 5.41 Å². The van der Waals surface area contributed by atoms with E-state index in [0.717, 1.165) is 12.0 Å². The summed E-state index contributed by atoms with van der Waals surface area (Å²) in [5, 5.41) is 0. The van der Waals surface area contributed by atoms with Crippen LogP contribution in [0, 0.1) is 11.3 Å². The predicted molar refractivity (Wildman–Crippen MR) is 65.6 cm³/mol. The van der Waals surface area contributed by atoms with Crippen LogP contribution in [0.15, 0.2) is 0 Å². The maximum absolute atomic E-state index is 2.60. The number of piperidine rings is 1. The van der Waals surface area contributed by atoms with Crippen molar-refractivity contribution in [3.63, 3.8) is 0 Å². The molecule has 0 N–H and O–H groups in total. The lowest BCUT2D eigenvalue weighted by molar-refractivity contribution is 0.0930. The van der Waals surface area contributed by atoms with Gasteiger partial charge in [-0.25, -0.2) is 0 Å². The fourth-order valence-corrected chi connectivity index (χ4v) is 2.28. The van der Waals surface area contributed by atoms with Crippen LogP contribution in [0.25, 0.3) is 0 Å². The molecule has 0 aromatic heterocycles. The van der Waals surface area contributed by atoms with E-state index in [1.54, 1.807) is 0 Å². The standard InChI is InChI=1S/C12H25N.CH4/c1-10(2)13-8-6-11(7-9-13)12(3,4)5;/h10-11H,6-9H2,1-5H3;1H4. The first-order valence-electron chi connectivity index (χ1n) is 5.65. The van der Waals surface area contributed by atoms with E-state index in [-0.39, 0.29) is 7.43 Å². The zero-order chi connectivity index (χ0) is 10.1. The second kappa shape index (κ2) is 5.16. The maximum atomic E-state index is 2.60. The lowest BCUT2D eigenvalue weighted by Crippen LogP contribution is -2.41. The van der Waals surface area contributed by atoms with E-state index in [2.05, 4.69) is 39.5 Å². The predicted octanol–water partition coefficient (Wildman–Crippen LogP) is 3.79. The van der Waals surface area contributed by atoms with Gasteiger partial charge in [0.15, 0.2) is 0 Å². The summed E-state index contributed by atoms with van der Waals surface area (Å²) in [6, 6.07) is 0.737. The molecule has 0 amide bonds. The molecule has 0 bridgehead atoms. The molecule has 1 aliphatic rings. The van der Waals surface area contributed by atoms with Crippen molar-refractivity contribution in [1.29, 1.82) is 0 Å². The van der Waals surface area contributed by atoms with E-state index >= 15 is 0 Å². The fraction of sp³-hybridized carbons (Fsp3) is 1.00. The Morgan fingerprint density at radius 3 is 1.79 bits per heavy atom. The summed E-state index contributed by atoms with van der Waals surface area (Å²) in [6.07, 6.45) is 2.78. The van der Waals surface area contributed by atoms with Crippen molar-refractivity contribution < 1.29 is 0 Å². The van der Waals surface area contributed by atoms with Crippen molar-refractivity contribution in [3.8, 4) is 0 Å². The number of likely N-dealkylation sites (tertiary alicyclic amines) is 1. The molecule has 0 aromatic carbocycles. The summed E-state index contributed by atoms with van der Waals surface area (Å²) in [4.78, 5) is 2.60. The van der Waals surface area contributed by atoms with E-state index in [1.165, 1.54) is 25.9 Å². The van der Waals surface area contributed by atoms with Gasteiger partial charge in [-0.1, -0.05) is 28.2 Å². The first-order valence-corrected chi connectivity index (χ1v) is 5.65. The highest BCUT2D eigenvalue weighted by atomic mass is 15.1. The molecule has 0 aromatic rings. The Morgan fingerprint density at radius 1 is 1.07 bits per heavy atom. The van der Waals surface area contributed by atoms with Crippen molar-refractivity contribution in [2.45, 2.75) is 60.9 Å². The third-order valence-electron chi connectivity index (χ3n) is 3.48. The smallest absolute Gasteiger partial charge is 0.00385 e. The summed E-state index contributed by atoms with van der Waals surface area (Å²) in [6.45, 7) is 14.3. The zero-order valence-electron chi connectivity index (χ0n) is 9.93. The van der Waals surface area contributed by atoms with Crippen molar-refractivity contribution in [2.24, 2.45) is 11.3 Å². The summed E-state index contributed by atoms with van der Waals surface area (Å²) in [7, 11) is 0. The molecule has 0 atom stereocenters. The Kier molecular flexibility index (Phi) is 5.14. The highest BCUT2D eigenvalue weighted by Crippen LogP contribution is 2.34. The molecule has 1 rings (SSSR count). The average Bonchev–Trinajstić information content (AvgIpc) is 2.03. The number of rotatable bonds is 1. The minimum Gasteiger partial charge on any atom is -0.301 e. The third kappa shape index (κ3) is 3.61. The topological polar surface area (TPSA) is 3.24 Å². The van der Waals surface area contributed by atoms with Crippen LogP contribution in [0.4, 0.5) is 0 Å². The summed E-state index contributed by atoms with van der Waals surface area (Å²) in [5.41, 5.74) is 0.517. The minimum absolute atomic E-state index is 0. The molecule has 14 heavy (non-hydrogen) atoms. The minimum atomic E-state index is 0. The normalized spacial score (nSPS) is 21.0. The highest BCUT2D eigenvalue weighted by molar-refractivity contribution is 4.81. The molecule has 0 aliphatic carbocycles. The van der Waals surface area contributed by atoms with Crippen molar-refractivity contribution in [2.75, 3.05) is 13.1 Å². The summed E-state index contributed by atoms with van der Waals surface area (Å²) in [5.74, 6) is 0.933. The van der Waals surface area contributed by atoms with Crippen LogP contribution in [0.2, 0.25) is 0 Å². The van der Waals surface area contributed by atoms with Gasteiger partial charge in [-0.05, 0) is 51.1 Å². The van der Waals surface area contributed by atoms with Crippen LogP contribution in [-0.2, 0) is 0 Å². The molecule has 0 radical (unpaired) electrons. The summed E-state index contributed by atoms with van der Waals surface area (Å²) < 4.78 is 0. The molecule has 0 spiro atoms. The molecule has 1 heteroatoms. The van der Waals surface area contributed by atoms with Gasteiger partial charge in [0.05, 0.1) is 0 Å². The molecule has 1 nitrogen and oxygen atoms in total. The van der Waals surface area contributed by atoms with Gasteiger partial charge in [0.2, 0.25) is 0 Å². The van der Waals surface area contributed by atoms with Crippen LogP contribution in [0.3, 0.4) is 0 Å². The molecular formula is C13H29N. The van der Waals surface area contributed by atoms with E-state index in [1.807, 2.05) is 0 Å². The first-order chi connectivity index (χ1) is 5.91. The quantitative estimate of drug-likeness (QED) is 0.621. The zero-order valence-corrected chi connectivity index (χ0v) is 9.93. The highest BCUT2D eigenvalue weighted by Gasteiger charge is 2.29. The molecule has 1 heterocycles. The van der Waals surface area contributed by atoms with Crippen molar-refractivity contribution in [1.82, 2.24) is 4.90 Å². The Balaban J connectivity index is 0.00000169. The number of hydrogen-bond acceptors (Lipinski definition) is 1. The molecule has 1 saturated heterocycles.